The molecule has 1 aliphatic heterocycles. The van der Waals surface area contributed by atoms with Crippen molar-refractivity contribution < 1.29 is 19.1 Å². The molecule has 128 valence electrons. The zero-order valence-corrected chi connectivity index (χ0v) is 13.9. The molecule has 0 aliphatic carbocycles. The highest BCUT2D eigenvalue weighted by Crippen LogP contribution is 2.24. The largest absolute Gasteiger partial charge is 0.383 e. The van der Waals surface area contributed by atoms with E-state index in [1.165, 1.54) is 7.11 Å². The van der Waals surface area contributed by atoms with E-state index in [9.17, 15) is 9.59 Å². The highest BCUT2D eigenvalue weighted by Gasteiger charge is 2.29. The molecule has 8 heteroatoms. The summed E-state index contributed by atoms with van der Waals surface area (Å²) in [7, 11) is 3.10. The monoisotopic (exact) mass is 324 g/mol. The summed E-state index contributed by atoms with van der Waals surface area (Å²) in [6.07, 6.45) is 2.11. The average Bonchev–Trinajstić information content (AvgIpc) is 2.91. The Hall–Kier alpha value is -1.93. The van der Waals surface area contributed by atoms with Gasteiger partial charge in [-0.1, -0.05) is 0 Å². The maximum absolute atomic E-state index is 12.0. The van der Waals surface area contributed by atoms with Gasteiger partial charge in [-0.25, -0.2) is 4.98 Å². The third-order valence-electron chi connectivity index (χ3n) is 3.84. The van der Waals surface area contributed by atoms with Crippen LogP contribution in [0.2, 0.25) is 0 Å². The van der Waals surface area contributed by atoms with Crippen molar-refractivity contribution in [3.05, 3.63) is 17.7 Å². The lowest BCUT2D eigenvalue weighted by atomic mass is 10.2. The van der Waals surface area contributed by atoms with Gasteiger partial charge in [0.05, 0.1) is 24.8 Å². The Labute approximate surface area is 135 Å². The Bertz CT molecular complexity index is 558. The van der Waals surface area contributed by atoms with E-state index in [4.69, 9.17) is 9.47 Å². The van der Waals surface area contributed by atoms with Gasteiger partial charge in [-0.15, -0.1) is 0 Å². The van der Waals surface area contributed by atoms with Crippen molar-refractivity contribution in [2.75, 3.05) is 40.5 Å². The van der Waals surface area contributed by atoms with Crippen LogP contribution in [-0.2, 0) is 32.0 Å². The SMILES string of the molecule is COCCNC(=O)Cc1cn2c(n1)[C@H](C)N(C(=O)COC)CC2. The van der Waals surface area contributed by atoms with Gasteiger partial charge in [-0.3, -0.25) is 9.59 Å². The van der Waals surface area contributed by atoms with Crippen LogP contribution in [0.1, 0.15) is 24.5 Å². The zero-order chi connectivity index (χ0) is 16.8. The number of ether oxygens (including phenoxy) is 2. The molecular formula is C15H24N4O4. The summed E-state index contributed by atoms with van der Waals surface area (Å²) in [4.78, 5) is 30.2. The first-order chi connectivity index (χ1) is 11.1. The number of hydrogen-bond donors (Lipinski definition) is 1. The van der Waals surface area contributed by atoms with E-state index in [1.807, 2.05) is 17.7 Å². The van der Waals surface area contributed by atoms with Crippen molar-refractivity contribution in [2.24, 2.45) is 0 Å². The highest BCUT2D eigenvalue weighted by atomic mass is 16.5. The van der Waals surface area contributed by atoms with Gasteiger partial charge in [0.25, 0.3) is 0 Å². The number of rotatable bonds is 7. The molecule has 0 saturated heterocycles. The minimum absolute atomic E-state index is 0.0480. The molecule has 1 aromatic heterocycles. The van der Waals surface area contributed by atoms with Gasteiger partial charge in [0.15, 0.2) is 0 Å². The molecule has 0 spiro atoms. The van der Waals surface area contributed by atoms with Crippen LogP contribution in [0.4, 0.5) is 0 Å². The normalized spacial score (nSPS) is 17.0. The number of fused-ring (bicyclic) bond motifs is 1. The molecule has 2 amide bonds. The summed E-state index contributed by atoms with van der Waals surface area (Å²) in [6.45, 7) is 4.27. The maximum Gasteiger partial charge on any atom is 0.249 e. The van der Waals surface area contributed by atoms with Gasteiger partial charge in [0.1, 0.15) is 12.4 Å². The number of nitrogens with zero attached hydrogens (tertiary/aromatic N) is 3. The first kappa shape index (κ1) is 17.4. The van der Waals surface area contributed by atoms with Gasteiger partial charge in [-0.2, -0.15) is 0 Å². The van der Waals surface area contributed by atoms with Crippen LogP contribution < -0.4 is 5.32 Å². The lowest BCUT2D eigenvalue weighted by molar-refractivity contribution is -0.138. The average molecular weight is 324 g/mol. The lowest BCUT2D eigenvalue weighted by Gasteiger charge is -2.33. The Morgan fingerprint density at radius 1 is 1.35 bits per heavy atom. The predicted molar refractivity (Wildman–Crippen MR) is 82.8 cm³/mol. The summed E-state index contributed by atoms with van der Waals surface area (Å²) in [5, 5.41) is 2.77. The Morgan fingerprint density at radius 3 is 2.83 bits per heavy atom. The van der Waals surface area contributed by atoms with Crippen molar-refractivity contribution in [3.8, 4) is 0 Å². The first-order valence-corrected chi connectivity index (χ1v) is 7.66. The third-order valence-corrected chi connectivity index (χ3v) is 3.84. The number of nitrogens with one attached hydrogen (secondary N) is 1. The van der Waals surface area contributed by atoms with Gasteiger partial charge >= 0.3 is 0 Å². The van der Waals surface area contributed by atoms with Crippen LogP contribution in [0.5, 0.6) is 0 Å². The first-order valence-electron chi connectivity index (χ1n) is 7.66. The van der Waals surface area contributed by atoms with Gasteiger partial charge < -0.3 is 24.3 Å². The Morgan fingerprint density at radius 2 is 2.13 bits per heavy atom. The molecule has 0 fully saturated rings. The topological polar surface area (TPSA) is 85.7 Å². The molecule has 1 aromatic rings. The molecule has 8 nitrogen and oxygen atoms in total. The fourth-order valence-electron chi connectivity index (χ4n) is 2.70. The van der Waals surface area contributed by atoms with Crippen molar-refractivity contribution in [1.82, 2.24) is 19.8 Å². The highest BCUT2D eigenvalue weighted by molar-refractivity contribution is 5.78. The molecule has 0 aromatic carbocycles. The Kier molecular flexibility index (Phi) is 6.12. The molecule has 1 N–H and O–H groups in total. The molecule has 0 unspecified atom stereocenters. The second-order valence-electron chi connectivity index (χ2n) is 5.50. The van der Waals surface area contributed by atoms with Crippen LogP contribution in [-0.4, -0.2) is 66.8 Å². The lowest BCUT2D eigenvalue weighted by Crippen LogP contribution is -2.42. The summed E-state index contributed by atoms with van der Waals surface area (Å²) in [6, 6.07) is -0.128. The number of imidazole rings is 1. The third kappa shape index (κ3) is 4.29. The summed E-state index contributed by atoms with van der Waals surface area (Å²) in [5.41, 5.74) is 0.711. The zero-order valence-electron chi connectivity index (χ0n) is 13.9. The second-order valence-corrected chi connectivity index (χ2v) is 5.50. The molecule has 23 heavy (non-hydrogen) atoms. The fraction of sp³-hybridized carbons (Fsp3) is 0.667. The predicted octanol–water partition coefficient (Wildman–Crippen LogP) is -0.262. The van der Waals surface area contributed by atoms with E-state index in [0.29, 0.717) is 31.9 Å². The van der Waals surface area contributed by atoms with E-state index in [1.54, 1.807) is 12.0 Å². The fourth-order valence-corrected chi connectivity index (χ4v) is 2.70. The molecule has 0 bridgehead atoms. The van der Waals surface area contributed by atoms with Crippen molar-refractivity contribution in [1.29, 1.82) is 0 Å². The van der Waals surface area contributed by atoms with Crippen LogP contribution in [0.3, 0.4) is 0 Å². The smallest absolute Gasteiger partial charge is 0.249 e. The second kappa shape index (κ2) is 8.07. The van der Waals surface area contributed by atoms with Crippen molar-refractivity contribution in [3.63, 3.8) is 0 Å². The molecular weight excluding hydrogens is 300 g/mol. The van der Waals surface area contributed by atoms with Crippen LogP contribution >= 0.6 is 0 Å². The molecule has 2 heterocycles. The summed E-state index contributed by atoms with van der Waals surface area (Å²) in [5.74, 6) is 0.672. The summed E-state index contributed by atoms with van der Waals surface area (Å²) < 4.78 is 11.8. The number of methoxy groups -OCH3 is 2. The molecule has 0 radical (unpaired) electrons. The van der Waals surface area contributed by atoms with Gasteiger partial charge in [0.2, 0.25) is 11.8 Å². The molecule has 1 aliphatic rings. The number of amides is 2. The van der Waals surface area contributed by atoms with Crippen molar-refractivity contribution in [2.45, 2.75) is 25.9 Å². The standard InChI is InChI=1S/C15H24N4O4/c1-11-15-17-12(8-13(20)16-4-7-22-2)9-18(15)5-6-19(11)14(21)10-23-3/h9,11H,4-8,10H2,1-3H3,(H,16,20)/t11-/m0/s1. The van der Waals surface area contributed by atoms with E-state index in [0.717, 1.165) is 5.82 Å². The number of carbonyl (C=O) groups excluding carboxylic acids is 2. The minimum atomic E-state index is -0.128. The molecule has 2 rings (SSSR count). The van der Waals surface area contributed by atoms with Crippen LogP contribution in [0.25, 0.3) is 0 Å². The number of aromatic nitrogens is 2. The van der Waals surface area contributed by atoms with E-state index >= 15 is 0 Å². The van der Waals surface area contributed by atoms with E-state index < -0.39 is 0 Å². The quantitative estimate of drug-likeness (QED) is 0.698. The molecule has 1 atom stereocenters. The molecule has 0 saturated carbocycles. The van der Waals surface area contributed by atoms with E-state index in [-0.39, 0.29) is 30.9 Å². The summed E-state index contributed by atoms with van der Waals surface area (Å²) >= 11 is 0. The number of carbonyl (C=O) groups is 2. The van der Waals surface area contributed by atoms with Gasteiger partial charge in [0, 0.05) is 40.1 Å². The Balaban J connectivity index is 2.00. The number of hydrogen-bond acceptors (Lipinski definition) is 5. The van der Waals surface area contributed by atoms with Crippen LogP contribution in [0.15, 0.2) is 6.20 Å². The minimum Gasteiger partial charge on any atom is -0.383 e. The van der Waals surface area contributed by atoms with Gasteiger partial charge in [-0.05, 0) is 6.92 Å². The van der Waals surface area contributed by atoms with Crippen molar-refractivity contribution >= 4 is 11.8 Å². The maximum atomic E-state index is 12.0. The van der Waals surface area contributed by atoms with E-state index in [2.05, 4.69) is 10.3 Å². The van der Waals surface area contributed by atoms with Crippen LogP contribution in [0, 0.1) is 0 Å².